The predicted octanol–water partition coefficient (Wildman–Crippen LogP) is 2.29. The molecule has 0 fully saturated rings. The molecule has 0 aliphatic carbocycles. The monoisotopic (exact) mass is 210 g/mol. The Balaban J connectivity index is 4.23. The SMILES string of the molecule is CCOC(OCC)P(C)(=O)OCC. The van der Waals surface area contributed by atoms with Crippen molar-refractivity contribution in [1.29, 1.82) is 0 Å². The molecular weight excluding hydrogens is 191 g/mol. The van der Waals surface area contributed by atoms with Crippen LogP contribution in [0.5, 0.6) is 0 Å². The zero-order chi connectivity index (χ0) is 10.3. The fourth-order valence-corrected chi connectivity index (χ4v) is 2.40. The first-order chi connectivity index (χ1) is 6.08. The highest BCUT2D eigenvalue weighted by atomic mass is 31.2. The Bertz CT molecular complexity index is 166. The summed E-state index contributed by atoms with van der Waals surface area (Å²) in [5, 5.41) is 0. The molecule has 0 aromatic carbocycles. The highest BCUT2D eigenvalue weighted by molar-refractivity contribution is 7.58. The number of rotatable bonds is 7. The van der Waals surface area contributed by atoms with Crippen molar-refractivity contribution in [2.24, 2.45) is 0 Å². The molecule has 0 N–H and O–H groups in total. The van der Waals surface area contributed by atoms with Gasteiger partial charge in [-0.25, -0.2) is 0 Å². The minimum absolute atomic E-state index is 0.407. The lowest BCUT2D eigenvalue weighted by atomic mass is 10.9. The van der Waals surface area contributed by atoms with Gasteiger partial charge in [0.15, 0.2) is 0 Å². The Morgan fingerprint density at radius 2 is 1.54 bits per heavy atom. The number of ether oxygens (including phenoxy) is 2. The van der Waals surface area contributed by atoms with E-state index in [4.69, 9.17) is 14.0 Å². The van der Waals surface area contributed by atoms with E-state index in [2.05, 4.69) is 0 Å². The van der Waals surface area contributed by atoms with Crippen molar-refractivity contribution >= 4 is 7.37 Å². The molecule has 0 aliphatic rings. The summed E-state index contributed by atoms with van der Waals surface area (Å²) in [4.78, 5) is 0. The number of hydrogen-bond donors (Lipinski definition) is 0. The largest absolute Gasteiger partial charge is 0.345 e. The van der Waals surface area contributed by atoms with Crippen molar-refractivity contribution in [3.8, 4) is 0 Å². The molecule has 0 aromatic heterocycles. The molecule has 13 heavy (non-hydrogen) atoms. The second kappa shape index (κ2) is 6.55. The van der Waals surface area contributed by atoms with E-state index in [9.17, 15) is 4.57 Å². The quantitative estimate of drug-likeness (QED) is 0.477. The Kier molecular flexibility index (Phi) is 6.60. The Morgan fingerprint density at radius 3 is 1.85 bits per heavy atom. The first-order valence-corrected chi connectivity index (χ1v) is 6.67. The van der Waals surface area contributed by atoms with Crippen LogP contribution in [-0.4, -0.2) is 32.5 Å². The van der Waals surface area contributed by atoms with Gasteiger partial charge in [-0.1, -0.05) is 0 Å². The predicted molar refractivity (Wildman–Crippen MR) is 52.2 cm³/mol. The summed E-state index contributed by atoms with van der Waals surface area (Å²) in [5.74, 6) is 0. The fraction of sp³-hybridized carbons (Fsp3) is 1.00. The van der Waals surface area contributed by atoms with Crippen LogP contribution in [-0.2, 0) is 18.6 Å². The lowest BCUT2D eigenvalue weighted by molar-refractivity contribution is -0.0882. The van der Waals surface area contributed by atoms with Gasteiger partial charge in [0.05, 0.1) is 6.61 Å². The highest BCUT2D eigenvalue weighted by Crippen LogP contribution is 2.48. The molecule has 0 aromatic rings. The molecular formula is C8H19O4P. The fourth-order valence-electron chi connectivity index (χ4n) is 0.921. The minimum Gasteiger partial charge on any atom is -0.345 e. The van der Waals surface area contributed by atoms with E-state index in [0.717, 1.165) is 0 Å². The van der Waals surface area contributed by atoms with E-state index in [-0.39, 0.29) is 0 Å². The van der Waals surface area contributed by atoms with Gasteiger partial charge in [0.2, 0.25) is 6.03 Å². The van der Waals surface area contributed by atoms with Gasteiger partial charge >= 0.3 is 0 Å². The molecule has 0 heterocycles. The van der Waals surface area contributed by atoms with E-state index in [1.54, 1.807) is 6.92 Å². The summed E-state index contributed by atoms with van der Waals surface area (Å²) in [7, 11) is -2.78. The van der Waals surface area contributed by atoms with E-state index >= 15 is 0 Å². The summed E-state index contributed by atoms with van der Waals surface area (Å²) in [6.07, 6.45) is 0. The maximum atomic E-state index is 11.8. The van der Waals surface area contributed by atoms with Gasteiger partial charge in [0, 0.05) is 19.9 Å². The van der Waals surface area contributed by atoms with Gasteiger partial charge in [-0.3, -0.25) is 4.57 Å². The second-order valence-corrected chi connectivity index (χ2v) is 5.04. The molecule has 5 heteroatoms. The summed E-state index contributed by atoms with van der Waals surface area (Å²) >= 11 is 0. The average molecular weight is 210 g/mol. The number of hydrogen-bond acceptors (Lipinski definition) is 4. The Labute approximate surface area is 80.0 Å². The van der Waals surface area contributed by atoms with Gasteiger partial charge in [0.1, 0.15) is 0 Å². The summed E-state index contributed by atoms with van der Waals surface area (Å²) < 4.78 is 27.3. The van der Waals surface area contributed by atoms with Gasteiger partial charge in [-0.15, -0.1) is 0 Å². The third kappa shape index (κ3) is 4.77. The maximum absolute atomic E-state index is 11.8. The van der Waals surface area contributed by atoms with Crippen LogP contribution in [0.15, 0.2) is 0 Å². The van der Waals surface area contributed by atoms with Crippen molar-refractivity contribution in [2.75, 3.05) is 26.5 Å². The normalized spacial score (nSPS) is 16.1. The van der Waals surface area contributed by atoms with Crippen LogP contribution in [0.1, 0.15) is 20.8 Å². The topological polar surface area (TPSA) is 44.8 Å². The lowest BCUT2D eigenvalue weighted by Crippen LogP contribution is -2.18. The second-order valence-electron chi connectivity index (χ2n) is 2.54. The van der Waals surface area contributed by atoms with E-state index in [1.165, 1.54) is 6.66 Å². The van der Waals surface area contributed by atoms with Crippen molar-refractivity contribution < 1.29 is 18.6 Å². The smallest absolute Gasteiger partial charge is 0.254 e. The zero-order valence-corrected chi connectivity index (χ0v) is 9.67. The standard InChI is InChI=1S/C8H19O4P/c1-5-10-8(11-6-2)13(4,9)12-7-3/h8H,5-7H2,1-4H3. The molecule has 4 nitrogen and oxygen atoms in total. The maximum Gasteiger partial charge on any atom is 0.254 e. The Morgan fingerprint density at radius 1 is 1.08 bits per heavy atom. The third-order valence-electron chi connectivity index (χ3n) is 1.39. The van der Waals surface area contributed by atoms with E-state index in [1.807, 2.05) is 13.8 Å². The van der Waals surface area contributed by atoms with E-state index < -0.39 is 13.4 Å². The van der Waals surface area contributed by atoms with Crippen molar-refractivity contribution in [2.45, 2.75) is 26.8 Å². The van der Waals surface area contributed by atoms with Gasteiger partial charge in [0.25, 0.3) is 7.37 Å². The van der Waals surface area contributed by atoms with Gasteiger partial charge in [-0.05, 0) is 20.8 Å². The molecule has 0 saturated heterocycles. The van der Waals surface area contributed by atoms with Crippen molar-refractivity contribution in [3.05, 3.63) is 0 Å². The van der Waals surface area contributed by atoms with Crippen LogP contribution < -0.4 is 0 Å². The summed E-state index contributed by atoms with van der Waals surface area (Å²) in [6.45, 7) is 8.34. The minimum atomic E-state index is -2.78. The van der Waals surface area contributed by atoms with Crippen LogP contribution in [0.4, 0.5) is 0 Å². The lowest BCUT2D eigenvalue weighted by Gasteiger charge is -2.23. The molecule has 0 spiro atoms. The summed E-state index contributed by atoms with van der Waals surface area (Å²) in [6, 6.07) is -0.720. The highest BCUT2D eigenvalue weighted by Gasteiger charge is 2.29. The molecule has 1 unspecified atom stereocenters. The van der Waals surface area contributed by atoms with Gasteiger partial charge in [-0.2, -0.15) is 0 Å². The molecule has 0 rings (SSSR count). The molecule has 0 aliphatic heterocycles. The molecule has 0 amide bonds. The molecule has 0 bridgehead atoms. The van der Waals surface area contributed by atoms with Crippen molar-refractivity contribution in [1.82, 2.24) is 0 Å². The van der Waals surface area contributed by atoms with Gasteiger partial charge < -0.3 is 14.0 Å². The summed E-state index contributed by atoms with van der Waals surface area (Å²) in [5.41, 5.74) is 0. The third-order valence-corrected chi connectivity index (χ3v) is 3.22. The van der Waals surface area contributed by atoms with E-state index in [0.29, 0.717) is 19.8 Å². The molecule has 1 atom stereocenters. The first-order valence-electron chi connectivity index (χ1n) is 4.53. The van der Waals surface area contributed by atoms with Crippen molar-refractivity contribution in [3.63, 3.8) is 0 Å². The van der Waals surface area contributed by atoms with Crippen LogP contribution >= 0.6 is 7.37 Å². The van der Waals surface area contributed by atoms with Crippen LogP contribution in [0.2, 0.25) is 0 Å². The van der Waals surface area contributed by atoms with Crippen LogP contribution in [0.25, 0.3) is 0 Å². The molecule has 80 valence electrons. The van der Waals surface area contributed by atoms with Crippen LogP contribution in [0, 0.1) is 0 Å². The first kappa shape index (κ1) is 13.1. The Hall–Kier alpha value is 0.110. The molecule has 0 saturated carbocycles. The van der Waals surface area contributed by atoms with Crippen LogP contribution in [0.3, 0.4) is 0 Å². The molecule has 0 radical (unpaired) electrons. The average Bonchev–Trinajstić information content (AvgIpc) is 2.04. The zero-order valence-electron chi connectivity index (χ0n) is 8.78.